The van der Waals surface area contributed by atoms with Crippen molar-refractivity contribution in [1.29, 1.82) is 0 Å². The highest BCUT2D eigenvalue weighted by Gasteiger charge is 2.24. The monoisotopic (exact) mass is 284 g/mol. The average molecular weight is 285 g/mol. The normalized spacial score (nSPS) is 13.4. The zero-order valence-corrected chi connectivity index (χ0v) is 10.2. The van der Waals surface area contributed by atoms with Gasteiger partial charge in [-0.15, -0.1) is 0 Å². The molecule has 0 N–H and O–H groups in total. The lowest BCUT2D eigenvalue weighted by Crippen LogP contribution is -2.19. The summed E-state index contributed by atoms with van der Waals surface area (Å²) in [5, 5.41) is 0. The van der Waals surface area contributed by atoms with E-state index < -0.39 is 0 Å². The maximum absolute atomic E-state index is 11.5. The van der Waals surface area contributed by atoms with Crippen LogP contribution in [-0.2, 0) is 0 Å². The summed E-state index contributed by atoms with van der Waals surface area (Å²) < 4.78 is 11.3. The van der Waals surface area contributed by atoms with Gasteiger partial charge in [0.2, 0.25) is 0 Å². The summed E-state index contributed by atoms with van der Waals surface area (Å²) >= 11 is 3.25. The molecule has 5 heteroatoms. The molecule has 0 aliphatic carbocycles. The standard InChI is InChI=1S/C11H9BrO4/c1-6(14)9-8(12)4-7(5-13)10-11(9)16-3-2-15-10/h4-5H,2-3H2,1H3. The van der Waals surface area contributed by atoms with Crippen LogP contribution in [0.1, 0.15) is 27.6 Å². The number of halogens is 1. The van der Waals surface area contributed by atoms with Crippen molar-refractivity contribution in [3.63, 3.8) is 0 Å². The first-order valence-electron chi connectivity index (χ1n) is 4.73. The SMILES string of the molecule is CC(=O)c1c(Br)cc(C=O)c2c1OCCO2. The fourth-order valence-electron chi connectivity index (χ4n) is 1.62. The van der Waals surface area contributed by atoms with E-state index in [1.807, 2.05) is 0 Å². The van der Waals surface area contributed by atoms with Crippen LogP contribution in [-0.4, -0.2) is 25.3 Å². The largest absolute Gasteiger partial charge is 0.485 e. The number of ketones is 1. The Kier molecular flexibility index (Phi) is 2.96. The van der Waals surface area contributed by atoms with Crippen molar-refractivity contribution in [2.45, 2.75) is 6.92 Å². The third kappa shape index (κ3) is 1.71. The van der Waals surface area contributed by atoms with Gasteiger partial charge in [-0.1, -0.05) is 0 Å². The molecule has 1 aromatic carbocycles. The van der Waals surface area contributed by atoms with E-state index in [1.165, 1.54) is 6.92 Å². The maximum Gasteiger partial charge on any atom is 0.174 e. The van der Waals surface area contributed by atoms with Gasteiger partial charge in [0.05, 0.1) is 11.1 Å². The summed E-state index contributed by atoms with van der Waals surface area (Å²) in [4.78, 5) is 22.4. The van der Waals surface area contributed by atoms with Gasteiger partial charge in [-0.3, -0.25) is 9.59 Å². The molecule has 4 nitrogen and oxygen atoms in total. The van der Waals surface area contributed by atoms with Crippen LogP contribution in [0.15, 0.2) is 10.5 Å². The van der Waals surface area contributed by atoms with Crippen LogP contribution in [0.25, 0.3) is 0 Å². The third-order valence-electron chi connectivity index (χ3n) is 2.27. The summed E-state index contributed by atoms with van der Waals surface area (Å²) in [6, 6.07) is 1.57. The van der Waals surface area contributed by atoms with E-state index in [1.54, 1.807) is 6.07 Å². The third-order valence-corrected chi connectivity index (χ3v) is 2.90. The molecule has 0 spiro atoms. The molecule has 0 amide bonds. The van der Waals surface area contributed by atoms with Gasteiger partial charge in [0, 0.05) is 4.47 Å². The van der Waals surface area contributed by atoms with Crippen molar-refractivity contribution in [2.24, 2.45) is 0 Å². The molecule has 1 aliphatic heterocycles. The number of benzene rings is 1. The molecule has 1 aromatic rings. The lowest BCUT2D eigenvalue weighted by molar-refractivity contribution is 0.0997. The molecule has 1 heterocycles. The molecule has 0 aromatic heterocycles. The van der Waals surface area contributed by atoms with E-state index in [0.29, 0.717) is 46.6 Å². The molecule has 1 aliphatic rings. The maximum atomic E-state index is 11.5. The minimum atomic E-state index is -0.133. The number of fused-ring (bicyclic) bond motifs is 1. The van der Waals surface area contributed by atoms with Gasteiger partial charge in [-0.2, -0.15) is 0 Å². The minimum Gasteiger partial charge on any atom is -0.485 e. The van der Waals surface area contributed by atoms with Crippen LogP contribution >= 0.6 is 15.9 Å². The molecule has 0 fully saturated rings. The molecule has 0 radical (unpaired) electrons. The highest BCUT2D eigenvalue weighted by atomic mass is 79.9. The Morgan fingerprint density at radius 2 is 2.00 bits per heavy atom. The van der Waals surface area contributed by atoms with Crippen molar-refractivity contribution in [3.8, 4) is 11.5 Å². The second-order valence-electron chi connectivity index (χ2n) is 3.35. The Bertz CT molecular complexity index is 468. The van der Waals surface area contributed by atoms with Crippen molar-refractivity contribution < 1.29 is 19.1 Å². The molecular weight excluding hydrogens is 276 g/mol. The average Bonchev–Trinajstić information content (AvgIpc) is 2.27. The number of hydrogen-bond acceptors (Lipinski definition) is 4. The second-order valence-corrected chi connectivity index (χ2v) is 4.21. The van der Waals surface area contributed by atoms with Crippen LogP contribution in [0.4, 0.5) is 0 Å². The zero-order chi connectivity index (χ0) is 11.7. The topological polar surface area (TPSA) is 52.6 Å². The fourth-order valence-corrected chi connectivity index (χ4v) is 2.32. The number of hydrogen-bond donors (Lipinski definition) is 0. The summed E-state index contributed by atoms with van der Waals surface area (Å²) in [5.41, 5.74) is 0.798. The van der Waals surface area contributed by atoms with E-state index >= 15 is 0 Å². The first kappa shape index (κ1) is 11.1. The number of ether oxygens (including phenoxy) is 2. The van der Waals surface area contributed by atoms with Crippen LogP contribution in [0.5, 0.6) is 11.5 Å². The zero-order valence-electron chi connectivity index (χ0n) is 8.58. The Labute approximate surface area is 101 Å². The number of carbonyl (C=O) groups is 2. The lowest BCUT2D eigenvalue weighted by atomic mass is 10.1. The number of aldehydes is 1. The Morgan fingerprint density at radius 3 is 2.56 bits per heavy atom. The Morgan fingerprint density at radius 1 is 1.38 bits per heavy atom. The predicted molar refractivity (Wildman–Crippen MR) is 60.5 cm³/mol. The van der Waals surface area contributed by atoms with Crippen molar-refractivity contribution >= 4 is 28.0 Å². The number of carbonyl (C=O) groups excluding carboxylic acids is 2. The summed E-state index contributed by atoms with van der Waals surface area (Å²) in [6.07, 6.45) is 0.683. The van der Waals surface area contributed by atoms with Crippen LogP contribution in [0.2, 0.25) is 0 Å². The van der Waals surface area contributed by atoms with Gasteiger partial charge in [0.1, 0.15) is 13.2 Å². The molecule has 0 unspecified atom stereocenters. The molecule has 16 heavy (non-hydrogen) atoms. The molecule has 0 saturated carbocycles. The first-order valence-corrected chi connectivity index (χ1v) is 5.52. The molecular formula is C11H9BrO4. The van der Waals surface area contributed by atoms with E-state index in [9.17, 15) is 9.59 Å². The van der Waals surface area contributed by atoms with Crippen molar-refractivity contribution in [3.05, 3.63) is 21.7 Å². The molecule has 0 saturated heterocycles. The van der Waals surface area contributed by atoms with Gasteiger partial charge in [-0.05, 0) is 28.9 Å². The second kappa shape index (κ2) is 4.25. The Hall–Kier alpha value is -1.36. The smallest absolute Gasteiger partial charge is 0.174 e. The fraction of sp³-hybridized carbons (Fsp3) is 0.273. The Balaban J connectivity index is 2.72. The highest BCUT2D eigenvalue weighted by molar-refractivity contribution is 9.10. The van der Waals surface area contributed by atoms with Gasteiger partial charge in [-0.25, -0.2) is 0 Å². The summed E-state index contributed by atoms with van der Waals surface area (Å²) in [7, 11) is 0. The lowest BCUT2D eigenvalue weighted by Gasteiger charge is -2.22. The van der Waals surface area contributed by atoms with Crippen molar-refractivity contribution in [2.75, 3.05) is 13.2 Å². The summed E-state index contributed by atoms with van der Waals surface area (Å²) in [6.45, 7) is 2.20. The van der Waals surface area contributed by atoms with Crippen LogP contribution in [0.3, 0.4) is 0 Å². The molecule has 84 valence electrons. The van der Waals surface area contributed by atoms with Gasteiger partial charge < -0.3 is 9.47 Å². The first-order chi connectivity index (χ1) is 7.65. The van der Waals surface area contributed by atoms with Crippen LogP contribution < -0.4 is 9.47 Å². The van der Waals surface area contributed by atoms with Crippen LogP contribution in [0, 0.1) is 0 Å². The van der Waals surface area contributed by atoms with E-state index in [4.69, 9.17) is 9.47 Å². The minimum absolute atomic E-state index is 0.133. The predicted octanol–water partition coefficient (Wildman–Crippen LogP) is 2.24. The number of Topliss-reactive ketones (excluding diaryl/α,β-unsaturated/α-hetero) is 1. The highest BCUT2D eigenvalue weighted by Crippen LogP contribution is 2.40. The van der Waals surface area contributed by atoms with Gasteiger partial charge >= 0.3 is 0 Å². The summed E-state index contributed by atoms with van der Waals surface area (Å²) in [5.74, 6) is 0.580. The molecule has 0 atom stereocenters. The van der Waals surface area contributed by atoms with Gasteiger partial charge in [0.15, 0.2) is 23.6 Å². The number of rotatable bonds is 2. The van der Waals surface area contributed by atoms with E-state index in [2.05, 4.69) is 15.9 Å². The van der Waals surface area contributed by atoms with E-state index in [0.717, 1.165) is 0 Å². The quantitative estimate of drug-likeness (QED) is 0.617. The molecule has 2 rings (SSSR count). The van der Waals surface area contributed by atoms with E-state index in [-0.39, 0.29) is 5.78 Å². The van der Waals surface area contributed by atoms with Gasteiger partial charge in [0.25, 0.3) is 0 Å². The van der Waals surface area contributed by atoms with Crippen molar-refractivity contribution in [1.82, 2.24) is 0 Å². The molecule has 0 bridgehead atoms.